The lowest BCUT2D eigenvalue weighted by molar-refractivity contribution is 0.0270. The van der Waals surface area contributed by atoms with Gasteiger partial charge < -0.3 is 15.0 Å². The fourth-order valence-electron chi connectivity index (χ4n) is 4.58. The summed E-state index contributed by atoms with van der Waals surface area (Å²) in [7, 11) is 0. The second-order valence-electron chi connectivity index (χ2n) is 10.0. The van der Waals surface area contributed by atoms with Gasteiger partial charge in [-0.1, -0.05) is 18.2 Å². The summed E-state index contributed by atoms with van der Waals surface area (Å²) in [6.45, 7) is 8.86. The number of para-hydroxylation sites is 1. The average molecular weight is 461 g/mol. The summed E-state index contributed by atoms with van der Waals surface area (Å²) in [5.41, 5.74) is 5.31. The van der Waals surface area contributed by atoms with Gasteiger partial charge in [0.05, 0.1) is 35.2 Å². The Labute approximate surface area is 200 Å². The molecule has 3 aromatic rings. The van der Waals surface area contributed by atoms with Crippen molar-refractivity contribution in [3.05, 3.63) is 48.4 Å². The Morgan fingerprint density at radius 1 is 1.18 bits per heavy atom. The smallest absolute Gasteiger partial charge is 0.410 e. The van der Waals surface area contributed by atoms with E-state index in [1.165, 1.54) is 5.57 Å². The fraction of sp³-hybridized carbons (Fsp3) is 0.462. The normalized spacial score (nSPS) is 17.6. The van der Waals surface area contributed by atoms with Crippen molar-refractivity contribution in [1.29, 1.82) is 0 Å². The van der Waals surface area contributed by atoms with Gasteiger partial charge in [0.1, 0.15) is 5.60 Å². The van der Waals surface area contributed by atoms with E-state index in [0.29, 0.717) is 19.1 Å². The molecule has 0 bridgehead atoms. The van der Waals surface area contributed by atoms with E-state index in [1.807, 2.05) is 45.3 Å². The van der Waals surface area contributed by atoms with Gasteiger partial charge in [-0.05, 0) is 64.8 Å². The fourth-order valence-corrected chi connectivity index (χ4v) is 4.58. The minimum atomic E-state index is -0.496. The lowest BCUT2D eigenvalue weighted by Crippen LogP contribution is -2.39. The van der Waals surface area contributed by atoms with Crippen molar-refractivity contribution in [3.8, 4) is 11.3 Å². The first-order chi connectivity index (χ1) is 16.4. The van der Waals surface area contributed by atoms with Crippen molar-refractivity contribution in [2.45, 2.75) is 51.7 Å². The topological polar surface area (TPSA) is 85.2 Å². The Morgan fingerprint density at radius 3 is 2.74 bits per heavy atom. The van der Waals surface area contributed by atoms with E-state index in [-0.39, 0.29) is 6.09 Å². The summed E-state index contributed by atoms with van der Waals surface area (Å²) in [4.78, 5) is 23.9. The first-order valence-electron chi connectivity index (χ1n) is 12.1. The van der Waals surface area contributed by atoms with Crippen LogP contribution in [0, 0.1) is 0 Å². The molecule has 1 amide bonds. The Morgan fingerprint density at radius 2 is 2.00 bits per heavy atom. The molecule has 2 aliphatic rings. The van der Waals surface area contributed by atoms with Gasteiger partial charge in [0, 0.05) is 30.4 Å². The molecule has 0 aliphatic carbocycles. The van der Waals surface area contributed by atoms with Crippen LogP contribution in [0.25, 0.3) is 27.9 Å². The molecule has 34 heavy (non-hydrogen) atoms. The number of rotatable bonds is 3. The summed E-state index contributed by atoms with van der Waals surface area (Å²) in [6, 6.07) is 6.53. The van der Waals surface area contributed by atoms with E-state index >= 15 is 0 Å². The van der Waals surface area contributed by atoms with Crippen LogP contribution in [-0.2, 0) is 4.74 Å². The van der Waals surface area contributed by atoms with Gasteiger partial charge in [-0.15, -0.1) is 0 Å². The minimum absolute atomic E-state index is 0.270. The number of amides is 1. The van der Waals surface area contributed by atoms with E-state index in [4.69, 9.17) is 14.7 Å². The van der Waals surface area contributed by atoms with Gasteiger partial charge in [-0.25, -0.2) is 9.78 Å². The maximum atomic E-state index is 12.4. The number of hydrogen-bond donors (Lipinski definition) is 1. The zero-order valence-corrected chi connectivity index (χ0v) is 20.1. The highest BCUT2D eigenvalue weighted by atomic mass is 16.6. The minimum Gasteiger partial charge on any atom is -0.444 e. The van der Waals surface area contributed by atoms with Crippen LogP contribution in [0.15, 0.2) is 42.9 Å². The third-order valence-corrected chi connectivity index (χ3v) is 6.36. The molecular formula is C26H32N6O2. The van der Waals surface area contributed by atoms with Crippen LogP contribution in [0.4, 0.5) is 4.79 Å². The number of aromatic nitrogens is 4. The van der Waals surface area contributed by atoms with Crippen LogP contribution in [-0.4, -0.2) is 62.5 Å². The molecule has 4 heterocycles. The number of nitrogens with one attached hydrogen (secondary N) is 1. The van der Waals surface area contributed by atoms with Crippen molar-refractivity contribution < 1.29 is 9.53 Å². The number of benzene rings is 1. The number of fused-ring (bicyclic) bond motifs is 1. The molecule has 1 N–H and O–H groups in total. The molecule has 2 aliphatic heterocycles. The molecule has 0 atom stereocenters. The second kappa shape index (κ2) is 9.18. The van der Waals surface area contributed by atoms with Crippen molar-refractivity contribution in [2.24, 2.45) is 0 Å². The molecule has 0 radical (unpaired) electrons. The molecule has 5 rings (SSSR count). The Hall–Kier alpha value is -3.26. The first kappa shape index (κ1) is 22.5. The number of ether oxygens (including phenoxy) is 1. The molecule has 8 nitrogen and oxygen atoms in total. The molecule has 2 aromatic heterocycles. The summed E-state index contributed by atoms with van der Waals surface area (Å²) in [6.07, 6.45) is 10.6. The Kier molecular flexibility index (Phi) is 6.08. The van der Waals surface area contributed by atoms with Crippen LogP contribution in [0.1, 0.15) is 51.6 Å². The highest BCUT2D eigenvalue weighted by Gasteiger charge is 2.24. The number of carbonyl (C=O) groups is 1. The Bertz CT molecular complexity index is 1220. The third-order valence-electron chi connectivity index (χ3n) is 6.36. The molecule has 0 unspecified atom stereocenters. The van der Waals surface area contributed by atoms with Gasteiger partial charge in [-0.3, -0.25) is 9.67 Å². The molecular weight excluding hydrogens is 428 g/mol. The average Bonchev–Trinajstić information content (AvgIpc) is 3.33. The highest BCUT2D eigenvalue weighted by Crippen LogP contribution is 2.30. The van der Waals surface area contributed by atoms with E-state index in [1.54, 1.807) is 4.90 Å². The van der Waals surface area contributed by atoms with Gasteiger partial charge in [0.15, 0.2) is 0 Å². The maximum Gasteiger partial charge on any atom is 0.410 e. The number of nitrogens with zero attached hydrogens (tertiary/aromatic N) is 5. The number of piperidine rings is 1. The predicted molar refractivity (Wildman–Crippen MR) is 132 cm³/mol. The SMILES string of the molecule is CC(C)(C)OC(=O)N1CC=C(c2cccc3ncc(-c4cnn(C5CCNCC5)c4)nc23)CC1. The lowest BCUT2D eigenvalue weighted by Gasteiger charge is -2.29. The van der Waals surface area contributed by atoms with Gasteiger partial charge in [0.25, 0.3) is 0 Å². The quantitative estimate of drug-likeness (QED) is 0.622. The zero-order valence-electron chi connectivity index (χ0n) is 20.1. The summed E-state index contributed by atoms with van der Waals surface area (Å²) in [5, 5.41) is 8.02. The van der Waals surface area contributed by atoms with Crippen molar-refractivity contribution in [1.82, 2.24) is 30.0 Å². The third kappa shape index (κ3) is 4.82. The van der Waals surface area contributed by atoms with Gasteiger partial charge in [-0.2, -0.15) is 5.10 Å². The highest BCUT2D eigenvalue weighted by molar-refractivity contribution is 5.90. The maximum absolute atomic E-state index is 12.4. The van der Waals surface area contributed by atoms with E-state index in [0.717, 1.165) is 60.2 Å². The summed E-state index contributed by atoms with van der Waals surface area (Å²) in [5.74, 6) is 0. The van der Waals surface area contributed by atoms with Gasteiger partial charge >= 0.3 is 6.09 Å². The van der Waals surface area contributed by atoms with E-state index < -0.39 is 5.60 Å². The molecule has 1 fully saturated rings. The molecule has 1 aromatic carbocycles. The van der Waals surface area contributed by atoms with Crippen LogP contribution in [0.5, 0.6) is 0 Å². The molecule has 1 saturated heterocycles. The summed E-state index contributed by atoms with van der Waals surface area (Å²) >= 11 is 0. The van der Waals surface area contributed by atoms with Crippen LogP contribution >= 0.6 is 0 Å². The summed E-state index contributed by atoms with van der Waals surface area (Å²) < 4.78 is 7.60. The van der Waals surface area contributed by atoms with Crippen LogP contribution < -0.4 is 5.32 Å². The molecule has 0 saturated carbocycles. The second-order valence-corrected chi connectivity index (χ2v) is 10.0. The lowest BCUT2D eigenvalue weighted by atomic mass is 9.98. The Balaban J connectivity index is 1.40. The van der Waals surface area contributed by atoms with Crippen molar-refractivity contribution >= 4 is 22.7 Å². The van der Waals surface area contributed by atoms with Crippen molar-refractivity contribution in [2.75, 3.05) is 26.2 Å². The molecule has 0 spiro atoms. The predicted octanol–water partition coefficient (Wildman–Crippen LogP) is 4.44. The molecule has 178 valence electrons. The number of hydrogen-bond acceptors (Lipinski definition) is 6. The zero-order chi connectivity index (χ0) is 23.7. The first-order valence-corrected chi connectivity index (χ1v) is 12.1. The monoisotopic (exact) mass is 460 g/mol. The number of carbonyl (C=O) groups excluding carboxylic acids is 1. The largest absolute Gasteiger partial charge is 0.444 e. The van der Waals surface area contributed by atoms with Crippen LogP contribution in [0.3, 0.4) is 0 Å². The van der Waals surface area contributed by atoms with E-state index in [2.05, 4.69) is 33.4 Å². The standard InChI is InChI=1S/C26H32N6O2/c1-26(2,3)34-25(33)31-13-9-18(10-14-31)21-5-4-6-22-24(21)30-23(16-28-22)19-15-29-32(17-19)20-7-11-27-12-8-20/h4-6,9,15-17,20,27H,7-8,10-14H2,1-3H3. The van der Waals surface area contributed by atoms with Gasteiger partial charge in [0.2, 0.25) is 0 Å². The van der Waals surface area contributed by atoms with Crippen LogP contribution in [0.2, 0.25) is 0 Å². The van der Waals surface area contributed by atoms with Crippen molar-refractivity contribution in [3.63, 3.8) is 0 Å². The molecule has 8 heteroatoms. The van der Waals surface area contributed by atoms with E-state index in [9.17, 15) is 4.79 Å².